The van der Waals surface area contributed by atoms with Gasteiger partial charge in [-0.15, -0.1) is 0 Å². The van der Waals surface area contributed by atoms with Crippen LogP contribution in [0.4, 0.5) is 0 Å². The Morgan fingerprint density at radius 1 is 1.18 bits per heavy atom. The molecule has 1 aliphatic heterocycles. The highest BCUT2D eigenvalue weighted by atomic mass is 16.5. The summed E-state index contributed by atoms with van der Waals surface area (Å²) in [7, 11) is 0. The number of fused-ring (bicyclic) bond motifs is 1. The first-order valence-corrected chi connectivity index (χ1v) is 7.25. The van der Waals surface area contributed by atoms with Crippen molar-refractivity contribution in [1.29, 1.82) is 0 Å². The molecular weight excluding hydrogens is 280 g/mol. The molecule has 0 bridgehead atoms. The second kappa shape index (κ2) is 5.05. The highest BCUT2D eigenvalue weighted by Gasteiger charge is 2.32. The highest BCUT2D eigenvalue weighted by molar-refractivity contribution is 6.12. The van der Waals surface area contributed by atoms with Crippen LogP contribution >= 0.6 is 0 Å². The minimum absolute atomic E-state index is 0.0618. The molecule has 2 aromatic carbocycles. The molecule has 0 amide bonds. The van der Waals surface area contributed by atoms with Crippen molar-refractivity contribution in [2.75, 3.05) is 0 Å². The molecule has 1 heterocycles. The van der Waals surface area contributed by atoms with Crippen LogP contribution < -0.4 is 4.74 Å². The van der Waals surface area contributed by atoms with Crippen molar-refractivity contribution >= 4 is 5.78 Å². The highest BCUT2D eigenvalue weighted by Crippen LogP contribution is 2.44. The van der Waals surface area contributed by atoms with Gasteiger partial charge < -0.3 is 14.9 Å². The second-order valence-electron chi connectivity index (χ2n) is 6.15. The van der Waals surface area contributed by atoms with Crippen LogP contribution in [0, 0.1) is 0 Å². The second-order valence-corrected chi connectivity index (χ2v) is 6.15. The lowest BCUT2D eigenvalue weighted by molar-refractivity contribution is 0.0831. The Morgan fingerprint density at radius 2 is 1.86 bits per heavy atom. The molecule has 4 nitrogen and oxygen atoms in total. The number of carbonyl (C=O) groups is 1. The molecule has 3 rings (SSSR count). The number of ether oxygens (including phenoxy) is 1. The summed E-state index contributed by atoms with van der Waals surface area (Å²) >= 11 is 0. The summed E-state index contributed by atoms with van der Waals surface area (Å²) in [6.45, 7) is 3.90. The van der Waals surface area contributed by atoms with Gasteiger partial charge in [-0.25, -0.2) is 0 Å². The third-order valence-electron chi connectivity index (χ3n) is 3.97. The fraction of sp³-hybridized carbons (Fsp3) is 0.278. The van der Waals surface area contributed by atoms with Gasteiger partial charge >= 0.3 is 0 Å². The van der Waals surface area contributed by atoms with Crippen molar-refractivity contribution in [3.63, 3.8) is 0 Å². The summed E-state index contributed by atoms with van der Waals surface area (Å²) < 4.78 is 5.79. The van der Waals surface area contributed by atoms with Crippen molar-refractivity contribution < 1.29 is 19.7 Å². The fourth-order valence-electron chi connectivity index (χ4n) is 2.74. The molecule has 0 atom stereocenters. The summed E-state index contributed by atoms with van der Waals surface area (Å²) in [5, 5.41) is 20.6. The lowest BCUT2D eigenvalue weighted by Gasteiger charge is -2.33. The van der Waals surface area contributed by atoms with Gasteiger partial charge in [-0.1, -0.05) is 30.3 Å². The molecule has 22 heavy (non-hydrogen) atoms. The number of hydrogen-bond acceptors (Lipinski definition) is 4. The van der Waals surface area contributed by atoms with Crippen molar-refractivity contribution in [3.8, 4) is 17.2 Å². The molecular formula is C18H18O4. The largest absolute Gasteiger partial charge is 0.507 e. The first-order chi connectivity index (χ1) is 10.4. The van der Waals surface area contributed by atoms with E-state index >= 15 is 0 Å². The molecule has 0 saturated carbocycles. The van der Waals surface area contributed by atoms with Gasteiger partial charge in [0.15, 0.2) is 0 Å². The molecule has 0 unspecified atom stereocenters. The Hall–Kier alpha value is -2.49. The lowest BCUT2D eigenvalue weighted by Crippen LogP contribution is -2.32. The van der Waals surface area contributed by atoms with E-state index in [0.29, 0.717) is 23.3 Å². The van der Waals surface area contributed by atoms with E-state index in [0.717, 1.165) is 6.42 Å². The van der Waals surface area contributed by atoms with Gasteiger partial charge in [0.05, 0.1) is 0 Å². The number of aromatic hydroxyl groups is 2. The van der Waals surface area contributed by atoms with Gasteiger partial charge in [0.1, 0.15) is 28.4 Å². The maximum atomic E-state index is 12.5. The smallest absolute Gasteiger partial charge is 0.200 e. The first kappa shape index (κ1) is 14.4. The van der Waals surface area contributed by atoms with E-state index in [9.17, 15) is 15.0 Å². The maximum absolute atomic E-state index is 12.5. The molecule has 2 N–H and O–H groups in total. The molecule has 0 fully saturated rings. The van der Waals surface area contributed by atoms with E-state index in [1.165, 1.54) is 6.07 Å². The van der Waals surface area contributed by atoms with Crippen LogP contribution in [0.3, 0.4) is 0 Å². The van der Waals surface area contributed by atoms with E-state index in [-0.39, 0.29) is 22.7 Å². The number of benzene rings is 2. The zero-order chi connectivity index (χ0) is 15.9. The van der Waals surface area contributed by atoms with Crippen LogP contribution in [-0.2, 0) is 6.42 Å². The standard InChI is InChI=1S/C18H18O4/c1-18(2)9-8-12-14(22-18)10-13(19)15(17(12)21)16(20)11-6-4-3-5-7-11/h3-7,10,19,21H,8-9H2,1-2H3. The predicted octanol–water partition coefficient (Wildman–Crippen LogP) is 3.43. The van der Waals surface area contributed by atoms with E-state index in [4.69, 9.17) is 4.74 Å². The SMILES string of the molecule is CC1(C)CCc2c(cc(O)c(C(=O)c3ccccc3)c2O)O1. The van der Waals surface area contributed by atoms with Crippen LogP contribution in [0.1, 0.15) is 41.8 Å². The summed E-state index contributed by atoms with van der Waals surface area (Å²) in [6, 6.07) is 10.0. The number of ketones is 1. The molecule has 0 aromatic heterocycles. The third-order valence-corrected chi connectivity index (χ3v) is 3.97. The monoisotopic (exact) mass is 298 g/mol. The van der Waals surface area contributed by atoms with Crippen LogP contribution in [-0.4, -0.2) is 21.6 Å². The molecule has 0 radical (unpaired) electrons. The normalized spacial score (nSPS) is 15.7. The Kier molecular flexibility index (Phi) is 3.32. The van der Waals surface area contributed by atoms with Crippen molar-refractivity contribution in [2.45, 2.75) is 32.3 Å². The summed E-state index contributed by atoms with van der Waals surface area (Å²) in [5.74, 6) is -0.402. The summed E-state index contributed by atoms with van der Waals surface area (Å²) in [4.78, 5) is 12.5. The molecule has 114 valence electrons. The van der Waals surface area contributed by atoms with Gasteiger partial charge in [-0.05, 0) is 26.7 Å². The summed E-state index contributed by atoms with van der Waals surface area (Å²) in [6.07, 6.45) is 1.33. The van der Waals surface area contributed by atoms with Crippen LogP contribution in [0.5, 0.6) is 17.2 Å². The zero-order valence-electron chi connectivity index (χ0n) is 12.6. The molecule has 0 spiro atoms. The van der Waals surface area contributed by atoms with Gasteiger partial charge in [0.2, 0.25) is 5.78 Å². The quantitative estimate of drug-likeness (QED) is 0.834. The summed E-state index contributed by atoms with van der Waals surface area (Å²) in [5.41, 5.74) is 0.589. The topological polar surface area (TPSA) is 66.8 Å². The Morgan fingerprint density at radius 3 is 2.55 bits per heavy atom. The van der Waals surface area contributed by atoms with Crippen LogP contribution in [0.15, 0.2) is 36.4 Å². The van der Waals surface area contributed by atoms with E-state index in [1.54, 1.807) is 30.3 Å². The Labute approximate surface area is 129 Å². The minimum Gasteiger partial charge on any atom is -0.507 e. The van der Waals surface area contributed by atoms with Gasteiger partial charge in [0, 0.05) is 17.2 Å². The average molecular weight is 298 g/mol. The van der Waals surface area contributed by atoms with Crippen molar-refractivity contribution in [2.24, 2.45) is 0 Å². The molecule has 1 aliphatic rings. The van der Waals surface area contributed by atoms with Gasteiger partial charge in [-0.3, -0.25) is 4.79 Å². The molecule has 0 aliphatic carbocycles. The number of hydrogen-bond donors (Lipinski definition) is 2. The lowest BCUT2D eigenvalue weighted by atomic mass is 9.90. The van der Waals surface area contributed by atoms with Gasteiger partial charge in [-0.2, -0.15) is 0 Å². The molecule has 4 heteroatoms. The third kappa shape index (κ3) is 2.41. The maximum Gasteiger partial charge on any atom is 0.200 e. The van der Waals surface area contributed by atoms with Crippen LogP contribution in [0.25, 0.3) is 0 Å². The minimum atomic E-state index is -0.400. The number of phenols is 2. The predicted molar refractivity (Wildman–Crippen MR) is 82.7 cm³/mol. The van der Waals surface area contributed by atoms with E-state index in [1.807, 2.05) is 13.8 Å². The molecule has 2 aromatic rings. The van der Waals surface area contributed by atoms with Gasteiger partial charge in [0.25, 0.3) is 0 Å². The number of rotatable bonds is 2. The van der Waals surface area contributed by atoms with E-state index in [2.05, 4.69) is 0 Å². The fourth-order valence-corrected chi connectivity index (χ4v) is 2.74. The first-order valence-electron chi connectivity index (χ1n) is 7.25. The van der Waals surface area contributed by atoms with Crippen molar-refractivity contribution in [1.82, 2.24) is 0 Å². The van der Waals surface area contributed by atoms with Crippen LogP contribution in [0.2, 0.25) is 0 Å². The van der Waals surface area contributed by atoms with Crippen molar-refractivity contribution in [3.05, 3.63) is 53.1 Å². The number of carbonyl (C=O) groups excluding carboxylic acids is 1. The van der Waals surface area contributed by atoms with E-state index < -0.39 is 5.78 Å². The average Bonchev–Trinajstić information content (AvgIpc) is 2.46. The zero-order valence-corrected chi connectivity index (χ0v) is 12.6. The Balaban J connectivity index is 2.09. The molecule has 0 saturated heterocycles. The Bertz CT molecular complexity index is 732. The number of phenolic OH excluding ortho intramolecular Hbond substituents is 2.